The van der Waals surface area contributed by atoms with Crippen LogP contribution in [0.25, 0.3) is 0 Å². The molecule has 0 spiro atoms. The van der Waals surface area contributed by atoms with Crippen molar-refractivity contribution in [3.8, 4) is 0 Å². The zero-order valence-electron chi connectivity index (χ0n) is 7.48. The number of rotatable bonds is 3. The van der Waals surface area contributed by atoms with Crippen LogP contribution < -0.4 is 0 Å². The lowest BCUT2D eigenvalue weighted by molar-refractivity contribution is -0.290. The molecule has 0 aliphatic carbocycles. The molecule has 0 aliphatic heterocycles. The summed E-state index contributed by atoms with van der Waals surface area (Å²) >= 11 is 0. The van der Waals surface area contributed by atoms with Crippen LogP contribution >= 0.6 is 0 Å². The van der Waals surface area contributed by atoms with Crippen LogP contribution in [0, 0.1) is 0 Å². The van der Waals surface area contributed by atoms with Gasteiger partial charge in [-0.25, -0.2) is 0 Å². The second-order valence-corrected chi connectivity index (χ2v) is 4.55. The minimum Gasteiger partial charge on any atom is -0.285 e. The summed E-state index contributed by atoms with van der Waals surface area (Å²) in [6.45, 7) is 0. The first-order valence-electron chi connectivity index (χ1n) is 3.56. The van der Waals surface area contributed by atoms with Crippen LogP contribution in [0.4, 0.5) is 35.1 Å². The summed E-state index contributed by atoms with van der Waals surface area (Å²) in [5.41, 5.74) is 0. The van der Waals surface area contributed by atoms with Crippen molar-refractivity contribution in [2.24, 2.45) is 0 Å². The molecular formula is C5H4F8O3S. The predicted molar refractivity (Wildman–Crippen MR) is 37.0 cm³/mol. The zero-order chi connectivity index (χ0) is 14.3. The summed E-state index contributed by atoms with van der Waals surface area (Å²) in [4.78, 5) is 0. The minimum atomic E-state index is -6.35. The lowest BCUT2D eigenvalue weighted by Gasteiger charge is -2.24. The van der Waals surface area contributed by atoms with Crippen LogP contribution in [-0.2, 0) is 10.1 Å². The van der Waals surface area contributed by atoms with Crippen molar-refractivity contribution < 1.29 is 48.1 Å². The topological polar surface area (TPSA) is 54.4 Å². The van der Waals surface area contributed by atoms with Crippen molar-refractivity contribution in [1.29, 1.82) is 0 Å². The van der Waals surface area contributed by atoms with Crippen molar-refractivity contribution in [1.82, 2.24) is 0 Å². The van der Waals surface area contributed by atoms with E-state index in [1.54, 1.807) is 0 Å². The van der Waals surface area contributed by atoms with Crippen LogP contribution in [0.15, 0.2) is 0 Å². The molecule has 0 aromatic heterocycles. The van der Waals surface area contributed by atoms with Crippen LogP contribution in [0.1, 0.15) is 6.42 Å². The predicted octanol–water partition coefficient (Wildman–Crippen LogP) is 2.39. The smallest absolute Gasteiger partial charge is 0.285 e. The minimum absolute atomic E-state index is 3.13. The van der Waals surface area contributed by atoms with Gasteiger partial charge in [0.25, 0.3) is 10.1 Å². The number of hydrogen-bond acceptors (Lipinski definition) is 2. The highest BCUT2D eigenvalue weighted by Gasteiger charge is 2.63. The second-order valence-electron chi connectivity index (χ2n) is 2.95. The number of halogens is 8. The average Bonchev–Trinajstić information content (AvgIpc) is 1.93. The summed E-state index contributed by atoms with van der Waals surface area (Å²) in [7, 11) is -6.12. The van der Waals surface area contributed by atoms with Gasteiger partial charge in [0.2, 0.25) is 0 Å². The van der Waals surface area contributed by atoms with Gasteiger partial charge in [0.15, 0.2) is 5.25 Å². The molecule has 0 aliphatic rings. The molecule has 1 N–H and O–H groups in total. The Kier molecular flexibility index (Phi) is 4.06. The molecule has 12 heteroatoms. The monoisotopic (exact) mass is 296 g/mol. The maximum absolute atomic E-state index is 12.2. The first kappa shape index (κ1) is 16.4. The molecule has 0 fully saturated rings. The third-order valence-electron chi connectivity index (χ3n) is 1.58. The van der Waals surface area contributed by atoms with Crippen LogP contribution in [0.5, 0.6) is 0 Å². The zero-order valence-corrected chi connectivity index (χ0v) is 8.30. The quantitative estimate of drug-likeness (QED) is 0.642. The second kappa shape index (κ2) is 4.23. The highest BCUT2D eigenvalue weighted by molar-refractivity contribution is 7.86. The van der Waals surface area contributed by atoms with Gasteiger partial charge in [-0.15, -0.1) is 0 Å². The van der Waals surface area contributed by atoms with Gasteiger partial charge in [0.05, 0.1) is 0 Å². The molecule has 17 heavy (non-hydrogen) atoms. The Bertz CT molecular complexity index is 366. The van der Waals surface area contributed by atoms with E-state index in [4.69, 9.17) is 4.55 Å². The van der Waals surface area contributed by atoms with E-state index < -0.39 is 40.1 Å². The van der Waals surface area contributed by atoms with E-state index in [0.29, 0.717) is 0 Å². The maximum atomic E-state index is 12.2. The molecule has 104 valence electrons. The van der Waals surface area contributed by atoms with Crippen molar-refractivity contribution in [3.05, 3.63) is 0 Å². The Hall–Kier alpha value is -0.650. The van der Waals surface area contributed by atoms with Gasteiger partial charge in [-0.2, -0.15) is 43.5 Å². The first-order valence-corrected chi connectivity index (χ1v) is 5.07. The Morgan fingerprint density at radius 1 is 0.941 bits per heavy atom. The molecule has 0 saturated carbocycles. The normalized spacial score (nSPS) is 17.0. The van der Waals surface area contributed by atoms with Crippen LogP contribution in [0.3, 0.4) is 0 Å². The van der Waals surface area contributed by atoms with Crippen molar-refractivity contribution >= 4 is 10.1 Å². The molecule has 0 aromatic rings. The van der Waals surface area contributed by atoms with E-state index in [9.17, 15) is 43.5 Å². The molecule has 0 amide bonds. The highest BCUT2D eigenvalue weighted by atomic mass is 32.2. The molecule has 0 aromatic carbocycles. The van der Waals surface area contributed by atoms with E-state index >= 15 is 0 Å². The fourth-order valence-electron chi connectivity index (χ4n) is 0.738. The van der Waals surface area contributed by atoms with Gasteiger partial charge in [-0.05, 0) is 0 Å². The third-order valence-corrected chi connectivity index (χ3v) is 2.73. The molecule has 0 rings (SSSR count). The van der Waals surface area contributed by atoms with Crippen molar-refractivity contribution in [2.45, 2.75) is 29.9 Å². The van der Waals surface area contributed by atoms with Crippen molar-refractivity contribution in [2.75, 3.05) is 0 Å². The summed E-state index contributed by atoms with van der Waals surface area (Å²) in [6.07, 6.45) is -15.4. The van der Waals surface area contributed by atoms with Gasteiger partial charge in [0, 0.05) is 6.42 Å². The average molecular weight is 296 g/mol. The Labute approximate surface area is 89.2 Å². The lowest BCUT2D eigenvalue weighted by Crippen LogP contribution is -2.46. The highest BCUT2D eigenvalue weighted by Crippen LogP contribution is 2.42. The molecule has 3 nitrogen and oxygen atoms in total. The largest absolute Gasteiger partial charge is 0.453 e. The fraction of sp³-hybridized carbons (Fsp3) is 1.00. The van der Waals surface area contributed by atoms with E-state index in [2.05, 4.69) is 0 Å². The third kappa shape index (κ3) is 4.26. The summed E-state index contributed by atoms with van der Waals surface area (Å²) < 4.78 is 123. The molecule has 0 radical (unpaired) electrons. The fourth-order valence-corrected chi connectivity index (χ4v) is 1.50. The Balaban J connectivity index is 5.32. The van der Waals surface area contributed by atoms with Gasteiger partial charge >= 0.3 is 18.3 Å². The summed E-state index contributed by atoms with van der Waals surface area (Å²) in [6, 6.07) is 0. The van der Waals surface area contributed by atoms with E-state index in [-0.39, 0.29) is 0 Å². The number of hydrogen-bond donors (Lipinski definition) is 1. The first-order chi connectivity index (χ1) is 7.09. The molecule has 1 unspecified atom stereocenters. The van der Waals surface area contributed by atoms with E-state index in [1.807, 2.05) is 0 Å². The van der Waals surface area contributed by atoms with Gasteiger partial charge in [-0.3, -0.25) is 4.55 Å². The van der Waals surface area contributed by atoms with Gasteiger partial charge < -0.3 is 0 Å². The summed E-state index contributed by atoms with van der Waals surface area (Å²) in [5.74, 6) is -5.89. The summed E-state index contributed by atoms with van der Waals surface area (Å²) in [5, 5.41) is -4.20. The Morgan fingerprint density at radius 3 is 1.47 bits per heavy atom. The van der Waals surface area contributed by atoms with Crippen LogP contribution in [0.2, 0.25) is 0 Å². The molecular weight excluding hydrogens is 292 g/mol. The van der Waals surface area contributed by atoms with Gasteiger partial charge in [0.1, 0.15) is 0 Å². The lowest BCUT2D eigenvalue weighted by atomic mass is 10.1. The molecule has 1 atom stereocenters. The van der Waals surface area contributed by atoms with Gasteiger partial charge in [-0.1, -0.05) is 0 Å². The Morgan fingerprint density at radius 2 is 1.29 bits per heavy atom. The molecule has 0 heterocycles. The SMILES string of the molecule is O=S(=O)(O)C(CC(F)(F)C(F)(F)F)C(F)(F)F. The van der Waals surface area contributed by atoms with Crippen LogP contribution in [-0.4, -0.2) is 36.5 Å². The molecule has 0 saturated heterocycles. The van der Waals surface area contributed by atoms with E-state index in [1.165, 1.54) is 0 Å². The standard InChI is InChI=1S/C5H4F8O3S/c6-3(7,5(11,12)13)1-2(4(8,9)10)17(14,15)16/h2H,1H2,(H,14,15,16). The maximum Gasteiger partial charge on any atom is 0.453 e. The number of alkyl halides is 8. The van der Waals surface area contributed by atoms with E-state index in [0.717, 1.165) is 0 Å². The molecule has 0 bridgehead atoms. The van der Waals surface area contributed by atoms with Crippen molar-refractivity contribution in [3.63, 3.8) is 0 Å².